The zero-order valence-electron chi connectivity index (χ0n) is 23.0. The number of ether oxygens (including phenoxy) is 2. The molecular weight excluding hydrogens is 526 g/mol. The number of carbonyl (C=O) groups is 1. The van der Waals surface area contributed by atoms with E-state index in [-0.39, 0.29) is 23.9 Å². The summed E-state index contributed by atoms with van der Waals surface area (Å²) in [6, 6.07) is 8.85. The zero-order chi connectivity index (χ0) is 29.1. The number of hydrogen-bond acceptors (Lipinski definition) is 8. The summed E-state index contributed by atoms with van der Waals surface area (Å²) in [4.78, 5) is 23.3. The minimum atomic E-state index is -4.26. The van der Waals surface area contributed by atoms with E-state index in [1.807, 2.05) is 26.0 Å². The van der Waals surface area contributed by atoms with E-state index in [1.54, 1.807) is 33.8 Å². The predicted molar refractivity (Wildman–Crippen MR) is 145 cm³/mol. The van der Waals surface area contributed by atoms with Crippen molar-refractivity contribution in [3.05, 3.63) is 68.9 Å². The van der Waals surface area contributed by atoms with Crippen LogP contribution >= 0.6 is 0 Å². The average molecular weight is 560 g/mol. The lowest BCUT2D eigenvalue weighted by Gasteiger charge is -2.21. The maximum atomic E-state index is 13.3. The molecule has 1 aromatic heterocycles. The molecule has 2 N–H and O–H groups in total. The number of methoxy groups -OCH3 is 1. The number of nitro benzene ring substituents is 1. The molecule has 3 aromatic rings. The van der Waals surface area contributed by atoms with Crippen molar-refractivity contribution in [3.8, 4) is 17.3 Å². The summed E-state index contributed by atoms with van der Waals surface area (Å²) in [5.41, 5.74) is 1.56. The minimum Gasteiger partial charge on any atom is -0.437 e. The van der Waals surface area contributed by atoms with Crippen LogP contribution in [0.15, 0.2) is 41.3 Å². The third-order valence-electron chi connectivity index (χ3n) is 5.75. The van der Waals surface area contributed by atoms with Crippen molar-refractivity contribution in [1.29, 1.82) is 0 Å². The first-order valence-corrected chi connectivity index (χ1v) is 13.6. The number of rotatable bonds is 10. The number of carbonyl (C=O) groups excluding carboxylic acids is 1. The Labute approximate surface area is 227 Å². The first-order chi connectivity index (χ1) is 18.2. The summed E-state index contributed by atoms with van der Waals surface area (Å²) in [5.74, 6) is -0.552. The molecule has 0 unspecified atom stereocenters. The van der Waals surface area contributed by atoms with Gasteiger partial charge in [-0.2, -0.15) is 9.78 Å². The number of nitrogens with one attached hydrogen (secondary N) is 2. The molecule has 1 heterocycles. The molecule has 0 saturated carbocycles. The van der Waals surface area contributed by atoms with Crippen LogP contribution in [0.3, 0.4) is 0 Å². The molecule has 0 spiro atoms. The van der Waals surface area contributed by atoms with Crippen LogP contribution in [0.4, 0.5) is 5.69 Å². The molecule has 3 rings (SSSR count). The van der Waals surface area contributed by atoms with E-state index in [0.29, 0.717) is 17.9 Å². The van der Waals surface area contributed by atoms with Gasteiger partial charge in [0.05, 0.1) is 17.2 Å². The molecule has 0 fully saturated rings. The summed E-state index contributed by atoms with van der Waals surface area (Å²) < 4.78 is 41.7. The molecule has 2 aromatic carbocycles. The number of aromatic nitrogens is 2. The molecule has 0 atom stereocenters. The van der Waals surface area contributed by atoms with Gasteiger partial charge in [-0.25, -0.2) is 13.1 Å². The lowest BCUT2D eigenvalue weighted by Crippen LogP contribution is -2.40. The lowest BCUT2D eigenvalue weighted by molar-refractivity contribution is -0.385. The van der Waals surface area contributed by atoms with E-state index in [1.165, 1.54) is 17.9 Å². The SMILES string of the molecule is COCCNC(=O)c1nn(-c2cccc(C)c2C)c(Oc2ccc([N+](=O)[O-])cc2S(=O)(=O)NC(C)(C)C)c1C. The zero-order valence-corrected chi connectivity index (χ0v) is 23.8. The van der Waals surface area contributed by atoms with Gasteiger partial charge in [-0.05, 0) is 64.8 Å². The highest BCUT2D eigenvalue weighted by molar-refractivity contribution is 7.89. The summed E-state index contributed by atoms with van der Waals surface area (Å²) >= 11 is 0. The van der Waals surface area contributed by atoms with Crippen LogP contribution in [-0.2, 0) is 14.8 Å². The molecule has 0 bridgehead atoms. The molecule has 210 valence electrons. The number of benzene rings is 2. The fourth-order valence-electron chi connectivity index (χ4n) is 3.76. The number of hydrogen-bond donors (Lipinski definition) is 2. The number of non-ortho nitro benzene ring substituents is 1. The Bertz CT molecular complexity index is 1510. The molecule has 12 nitrogen and oxygen atoms in total. The summed E-state index contributed by atoms with van der Waals surface area (Å²) in [6.45, 7) is 10.9. The van der Waals surface area contributed by atoms with Crippen molar-refractivity contribution in [2.24, 2.45) is 0 Å². The third kappa shape index (κ3) is 6.80. The summed E-state index contributed by atoms with van der Waals surface area (Å²) in [6.07, 6.45) is 0. The molecule has 1 amide bonds. The maximum Gasteiger partial charge on any atom is 0.272 e. The molecule has 0 radical (unpaired) electrons. The highest BCUT2D eigenvalue weighted by atomic mass is 32.2. The standard InChI is InChI=1S/C26H33N5O7S/c1-16-9-8-10-20(17(16)2)30-25(18(3)23(28-30)24(32)27-13-14-37-7)38-21-12-11-19(31(33)34)15-22(21)39(35,36)29-26(4,5)6/h8-12,15,29H,13-14H2,1-7H3,(H,27,32). The van der Waals surface area contributed by atoms with Crippen LogP contribution in [0.5, 0.6) is 11.6 Å². The van der Waals surface area contributed by atoms with E-state index in [4.69, 9.17) is 9.47 Å². The second-order valence-corrected chi connectivity index (χ2v) is 11.7. The smallest absolute Gasteiger partial charge is 0.272 e. The number of nitro groups is 1. The fraction of sp³-hybridized carbons (Fsp3) is 0.385. The predicted octanol–water partition coefficient (Wildman–Crippen LogP) is 3.95. The van der Waals surface area contributed by atoms with Gasteiger partial charge in [-0.15, -0.1) is 0 Å². The number of sulfonamides is 1. The van der Waals surface area contributed by atoms with E-state index < -0.39 is 37.0 Å². The molecule has 0 saturated heterocycles. The van der Waals surface area contributed by atoms with Gasteiger partial charge >= 0.3 is 0 Å². The van der Waals surface area contributed by atoms with Gasteiger partial charge in [0.1, 0.15) is 10.6 Å². The van der Waals surface area contributed by atoms with Crippen LogP contribution in [-0.4, -0.2) is 54.8 Å². The second kappa shape index (κ2) is 11.5. The molecular formula is C26H33N5O7S. The Morgan fingerprint density at radius 2 is 1.82 bits per heavy atom. The Morgan fingerprint density at radius 1 is 1.13 bits per heavy atom. The van der Waals surface area contributed by atoms with Crippen molar-refractivity contribution in [1.82, 2.24) is 19.8 Å². The number of aryl methyl sites for hydroxylation is 1. The third-order valence-corrected chi connectivity index (χ3v) is 7.53. The maximum absolute atomic E-state index is 13.3. The average Bonchev–Trinajstić information content (AvgIpc) is 3.15. The molecule has 13 heteroatoms. The van der Waals surface area contributed by atoms with Crippen molar-refractivity contribution < 1.29 is 27.6 Å². The van der Waals surface area contributed by atoms with Gasteiger partial charge in [0.25, 0.3) is 11.6 Å². The first kappa shape index (κ1) is 29.7. The number of amides is 1. The van der Waals surface area contributed by atoms with Gasteiger partial charge < -0.3 is 14.8 Å². The quantitative estimate of drug-likeness (QED) is 0.215. The molecule has 0 aliphatic rings. The minimum absolute atomic E-state index is 0.0705. The first-order valence-electron chi connectivity index (χ1n) is 12.1. The van der Waals surface area contributed by atoms with Gasteiger partial charge in [-0.3, -0.25) is 14.9 Å². The highest BCUT2D eigenvalue weighted by Gasteiger charge is 2.30. The van der Waals surface area contributed by atoms with E-state index in [0.717, 1.165) is 23.3 Å². The summed E-state index contributed by atoms with van der Waals surface area (Å²) in [5, 5.41) is 18.7. The van der Waals surface area contributed by atoms with Gasteiger partial charge in [0.2, 0.25) is 15.9 Å². The van der Waals surface area contributed by atoms with Crippen molar-refractivity contribution >= 4 is 21.6 Å². The monoisotopic (exact) mass is 559 g/mol. The van der Waals surface area contributed by atoms with Crippen molar-refractivity contribution in [2.75, 3.05) is 20.3 Å². The van der Waals surface area contributed by atoms with Crippen LogP contribution in [0.2, 0.25) is 0 Å². The topological polar surface area (TPSA) is 155 Å². The highest BCUT2D eigenvalue weighted by Crippen LogP contribution is 2.36. The number of nitrogens with zero attached hydrogens (tertiary/aromatic N) is 3. The van der Waals surface area contributed by atoms with Crippen LogP contribution in [0.25, 0.3) is 5.69 Å². The van der Waals surface area contributed by atoms with Gasteiger partial charge in [-0.1, -0.05) is 12.1 Å². The Balaban J connectivity index is 2.23. The normalized spacial score (nSPS) is 11.9. The molecule has 0 aliphatic carbocycles. The molecule has 0 aliphatic heterocycles. The summed E-state index contributed by atoms with van der Waals surface area (Å²) in [7, 11) is -2.74. The van der Waals surface area contributed by atoms with Gasteiger partial charge in [0, 0.05) is 36.9 Å². The molecule has 39 heavy (non-hydrogen) atoms. The Kier molecular flexibility index (Phi) is 8.78. The van der Waals surface area contributed by atoms with Gasteiger partial charge in [0.15, 0.2) is 5.69 Å². The second-order valence-electron chi connectivity index (χ2n) is 10.0. The van der Waals surface area contributed by atoms with Crippen LogP contribution in [0, 0.1) is 30.9 Å². The van der Waals surface area contributed by atoms with Crippen molar-refractivity contribution in [2.45, 2.75) is 52.0 Å². The van der Waals surface area contributed by atoms with E-state index in [9.17, 15) is 23.3 Å². The fourth-order valence-corrected chi connectivity index (χ4v) is 5.33. The van der Waals surface area contributed by atoms with Crippen LogP contribution in [0.1, 0.15) is 48.0 Å². The van der Waals surface area contributed by atoms with Crippen LogP contribution < -0.4 is 14.8 Å². The van der Waals surface area contributed by atoms with E-state index in [2.05, 4.69) is 15.1 Å². The van der Waals surface area contributed by atoms with E-state index >= 15 is 0 Å². The largest absolute Gasteiger partial charge is 0.437 e. The Morgan fingerprint density at radius 3 is 2.44 bits per heavy atom. The lowest BCUT2D eigenvalue weighted by atomic mass is 10.1. The van der Waals surface area contributed by atoms with Crippen molar-refractivity contribution in [3.63, 3.8) is 0 Å². The Hall–Kier alpha value is -3.81.